The van der Waals surface area contributed by atoms with Crippen LogP contribution in [0.4, 0.5) is 0 Å². The van der Waals surface area contributed by atoms with E-state index in [1.54, 1.807) is 24.1 Å². The number of ketones is 1. The molecular formula is C19H13N3OS. The van der Waals surface area contributed by atoms with Crippen LogP contribution in [0, 0.1) is 0 Å². The number of imidazole rings is 1. The number of benzene rings is 2. The first-order chi connectivity index (χ1) is 11.8. The molecule has 0 atom stereocenters. The quantitative estimate of drug-likeness (QED) is 0.526. The van der Waals surface area contributed by atoms with E-state index in [9.17, 15) is 4.79 Å². The maximum atomic E-state index is 12.3. The molecule has 0 aliphatic carbocycles. The summed E-state index contributed by atoms with van der Waals surface area (Å²) >= 11 is 1.32. The Morgan fingerprint density at radius 1 is 0.958 bits per heavy atom. The molecule has 0 unspecified atom stereocenters. The first-order valence-electron chi connectivity index (χ1n) is 7.45. The molecule has 5 heteroatoms. The van der Waals surface area contributed by atoms with Gasteiger partial charge in [-0.3, -0.25) is 4.79 Å². The van der Waals surface area contributed by atoms with Gasteiger partial charge in [0.05, 0.1) is 0 Å². The van der Waals surface area contributed by atoms with Crippen molar-refractivity contribution in [3.63, 3.8) is 0 Å². The van der Waals surface area contributed by atoms with Crippen molar-refractivity contribution in [2.45, 2.75) is 0 Å². The number of aromatic nitrogens is 3. The lowest BCUT2D eigenvalue weighted by Gasteiger charge is -2.06. The highest BCUT2D eigenvalue weighted by molar-refractivity contribution is 7.11. The maximum Gasteiger partial charge on any atom is 0.241 e. The van der Waals surface area contributed by atoms with Gasteiger partial charge in [-0.25, -0.2) is 9.97 Å². The van der Waals surface area contributed by atoms with E-state index in [1.165, 1.54) is 11.3 Å². The summed E-state index contributed by atoms with van der Waals surface area (Å²) in [4.78, 5) is 20.6. The monoisotopic (exact) mass is 331 g/mol. The van der Waals surface area contributed by atoms with Crippen LogP contribution in [0.25, 0.3) is 16.8 Å². The summed E-state index contributed by atoms with van der Waals surface area (Å²) in [7, 11) is 0. The summed E-state index contributed by atoms with van der Waals surface area (Å²) < 4.78 is 1.85. The molecule has 2 aromatic heterocycles. The second-order valence-electron chi connectivity index (χ2n) is 5.25. The highest BCUT2D eigenvalue weighted by atomic mass is 32.1. The summed E-state index contributed by atoms with van der Waals surface area (Å²) in [5, 5.41) is 2.24. The standard InChI is InChI=1S/C19H13N3OS/c23-18(19-20-9-10-24-19)17-12-22(13-21-17)16-8-4-7-15(11-16)14-5-2-1-3-6-14/h1-13H. The lowest BCUT2D eigenvalue weighted by Crippen LogP contribution is -2.00. The van der Waals surface area contributed by atoms with Crippen LogP contribution in [0.15, 0.2) is 78.7 Å². The molecular weight excluding hydrogens is 318 g/mol. The number of hydrogen-bond donors (Lipinski definition) is 0. The molecule has 0 N–H and O–H groups in total. The fourth-order valence-corrected chi connectivity index (χ4v) is 3.09. The third kappa shape index (κ3) is 2.77. The van der Waals surface area contributed by atoms with Crippen LogP contribution in [-0.2, 0) is 0 Å². The van der Waals surface area contributed by atoms with Crippen LogP contribution in [0.1, 0.15) is 15.5 Å². The van der Waals surface area contributed by atoms with E-state index in [-0.39, 0.29) is 5.78 Å². The fraction of sp³-hybridized carbons (Fsp3) is 0. The van der Waals surface area contributed by atoms with Crippen molar-refractivity contribution < 1.29 is 4.79 Å². The van der Waals surface area contributed by atoms with Gasteiger partial charge in [-0.05, 0) is 23.3 Å². The number of nitrogens with zero attached hydrogens (tertiary/aromatic N) is 3. The molecule has 0 aliphatic heterocycles. The third-order valence-corrected chi connectivity index (χ3v) is 4.47. The molecule has 116 valence electrons. The zero-order valence-corrected chi connectivity index (χ0v) is 13.5. The van der Waals surface area contributed by atoms with Gasteiger partial charge in [-0.15, -0.1) is 11.3 Å². The van der Waals surface area contributed by atoms with Crippen LogP contribution in [0.5, 0.6) is 0 Å². The van der Waals surface area contributed by atoms with Crippen LogP contribution in [-0.4, -0.2) is 20.3 Å². The summed E-state index contributed by atoms with van der Waals surface area (Å²) in [5.74, 6) is -0.150. The molecule has 24 heavy (non-hydrogen) atoms. The molecule has 0 saturated heterocycles. The number of thiazole rings is 1. The molecule has 4 nitrogen and oxygen atoms in total. The number of carbonyl (C=O) groups excluding carboxylic acids is 1. The predicted octanol–water partition coefficient (Wildman–Crippen LogP) is 4.23. The van der Waals surface area contributed by atoms with Crippen molar-refractivity contribution in [2.75, 3.05) is 0 Å². The predicted molar refractivity (Wildman–Crippen MR) is 94.5 cm³/mol. The Kier molecular flexibility index (Phi) is 3.76. The Hall–Kier alpha value is -3.05. The van der Waals surface area contributed by atoms with Gasteiger partial charge in [0.15, 0.2) is 5.01 Å². The van der Waals surface area contributed by atoms with Crippen molar-refractivity contribution in [3.05, 3.63) is 89.4 Å². The summed E-state index contributed by atoms with van der Waals surface area (Å²) in [6.45, 7) is 0. The van der Waals surface area contributed by atoms with Gasteiger partial charge >= 0.3 is 0 Å². The van der Waals surface area contributed by atoms with Crippen molar-refractivity contribution in [1.29, 1.82) is 0 Å². The minimum Gasteiger partial charge on any atom is -0.306 e. The van der Waals surface area contributed by atoms with E-state index < -0.39 is 0 Å². The Morgan fingerprint density at radius 2 is 1.79 bits per heavy atom. The molecule has 0 aliphatic rings. The Morgan fingerprint density at radius 3 is 2.58 bits per heavy atom. The average molecular weight is 331 g/mol. The first-order valence-corrected chi connectivity index (χ1v) is 8.33. The fourth-order valence-electron chi connectivity index (χ4n) is 2.50. The van der Waals surface area contributed by atoms with E-state index in [2.05, 4.69) is 34.2 Å². The second kappa shape index (κ2) is 6.22. The molecule has 0 saturated carbocycles. The molecule has 4 aromatic rings. The number of carbonyl (C=O) groups is 1. The minimum absolute atomic E-state index is 0.150. The van der Waals surface area contributed by atoms with E-state index in [0.29, 0.717) is 10.7 Å². The highest BCUT2D eigenvalue weighted by Gasteiger charge is 2.15. The number of hydrogen-bond acceptors (Lipinski definition) is 4. The van der Waals surface area contributed by atoms with Crippen LogP contribution < -0.4 is 0 Å². The third-order valence-electron chi connectivity index (χ3n) is 3.69. The second-order valence-corrected chi connectivity index (χ2v) is 6.14. The van der Waals surface area contributed by atoms with E-state index in [1.807, 2.05) is 34.9 Å². The average Bonchev–Trinajstić information content (AvgIpc) is 3.34. The van der Waals surface area contributed by atoms with Crippen molar-refractivity contribution in [3.8, 4) is 16.8 Å². The van der Waals surface area contributed by atoms with E-state index >= 15 is 0 Å². The van der Waals surface area contributed by atoms with E-state index in [4.69, 9.17) is 0 Å². The van der Waals surface area contributed by atoms with Gasteiger partial charge in [0.25, 0.3) is 0 Å². The lowest BCUT2D eigenvalue weighted by atomic mass is 10.1. The molecule has 0 radical (unpaired) electrons. The van der Waals surface area contributed by atoms with E-state index in [0.717, 1.165) is 16.8 Å². The van der Waals surface area contributed by atoms with Crippen LogP contribution in [0.2, 0.25) is 0 Å². The smallest absolute Gasteiger partial charge is 0.241 e. The van der Waals surface area contributed by atoms with Gasteiger partial charge in [-0.1, -0.05) is 42.5 Å². The highest BCUT2D eigenvalue weighted by Crippen LogP contribution is 2.22. The van der Waals surface area contributed by atoms with Crippen molar-refractivity contribution >= 4 is 17.1 Å². The molecule has 0 spiro atoms. The SMILES string of the molecule is O=C(c1cn(-c2cccc(-c3ccccc3)c2)cn1)c1nccs1. The largest absolute Gasteiger partial charge is 0.306 e. The zero-order chi connectivity index (χ0) is 16.4. The van der Waals surface area contributed by atoms with Gasteiger partial charge in [0.1, 0.15) is 12.0 Å². The molecule has 2 heterocycles. The van der Waals surface area contributed by atoms with Crippen LogP contribution in [0.3, 0.4) is 0 Å². The zero-order valence-electron chi connectivity index (χ0n) is 12.7. The van der Waals surface area contributed by atoms with Crippen molar-refractivity contribution in [1.82, 2.24) is 14.5 Å². The molecule has 4 rings (SSSR count). The first kappa shape index (κ1) is 14.5. The van der Waals surface area contributed by atoms with Crippen LogP contribution >= 0.6 is 11.3 Å². The number of rotatable bonds is 4. The molecule has 0 amide bonds. The van der Waals surface area contributed by atoms with Gasteiger partial charge in [0, 0.05) is 23.5 Å². The van der Waals surface area contributed by atoms with Crippen molar-refractivity contribution in [2.24, 2.45) is 0 Å². The topological polar surface area (TPSA) is 47.8 Å². The summed E-state index contributed by atoms with van der Waals surface area (Å²) in [6, 6.07) is 18.3. The minimum atomic E-state index is -0.150. The normalized spacial score (nSPS) is 10.7. The summed E-state index contributed by atoms with van der Waals surface area (Å²) in [6.07, 6.45) is 5.02. The Balaban J connectivity index is 1.67. The van der Waals surface area contributed by atoms with Gasteiger partial charge in [-0.2, -0.15) is 0 Å². The van der Waals surface area contributed by atoms with Gasteiger partial charge < -0.3 is 4.57 Å². The Bertz CT molecular complexity index is 975. The molecule has 0 fully saturated rings. The van der Waals surface area contributed by atoms with Gasteiger partial charge in [0.2, 0.25) is 5.78 Å². The maximum absolute atomic E-state index is 12.3. The Labute approximate surface area is 143 Å². The molecule has 0 bridgehead atoms. The molecule has 2 aromatic carbocycles. The summed E-state index contributed by atoms with van der Waals surface area (Å²) in [5.41, 5.74) is 3.63. The lowest BCUT2D eigenvalue weighted by molar-refractivity contribution is 0.103.